The molecule has 0 aliphatic carbocycles. The van der Waals surface area contributed by atoms with E-state index >= 15 is 0 Å². The van der Waals surface area contributed by atoms with Crippen LogP contribution in [0.2, 0.25) is 0 Å². The van der Waals surface area contributed by atoms with E-state index in [0.717, 1.165) is 42.9 Å². The van der Waals surface area contributed by atoms with Crippen molar-refractivity contribution < 1.29 is 9.59 Å². The number of amides is 2. The fraction of sp³-hybridized carbons (Fsp3) is 0.435. The first kappa shape index (κ1) is 18.2. The second-order valence-electron chi connectivity index (χ2n) is 8.37. The summed E-state index contributed by atoms with van der Waals surface area (Å²) in [4.78, 5) is 35.4. The summed E-state index contributed by atoms with van der Waals surface area (Å²) < 4.78 is 0. The molecule has 0 saturated carbocycles. The summed E-state index contributed by atoms with van der Waals surface area (Å²) in [6.07, 6.45) is 3.32. The summed E-state index contributed by atoms with van der Waals surface area (Å²) in [6.45, 7) is 3.61. The topological polar surface area (TPSA) is 65.5 Å². The molecule has 29 heavy (non-hydrogen) atoms. The number of benzene rings is 1. The Labute approximate surface area is 170 Å². The Balaban J connectivity index is 1.53. The minimum atomic E-state index is -0.657. The molecular weight excluding hydrogens is 364 g/mol. The van der Waals surface area contributed by atoms with Crippen molar-refractivity contribution in [2.75, 3.05) is 30.4 Å². The van der Waals surface area contributed by atoms with Gasteiger partial charge in [-0.1, -0.05) is 37.6 Å². The molecule has 1 fully saturated rings. The number of likely N-dealkylation sites (tertiary alicyclic amines) is 1. The van der Waals surface area contributed by atoms with Crippen LogP contribution in [0.15, 0.2) is 36.4 Å². The standard InChI is InChI=1S/C23H26N4O2/c1-3-6-19-23(16-7-4-5-8-17(16)25-22(23)29)12-14-27(19)21(28)18-10-9-15-11-13-26(2)20(15)24-18/h4-5,7-10,19H,3,6,11-14H2,1-2H3,(H,25,29)/t19-,23+/m0/s1. The molecule has 3 aliphatic heterocycles. The quantitative estimate of drug-likeness (QED) is 0.875. The lowest BCUT2D eigenvalue weighted by Crippen LogP contribution is -2.48. The zero-order valence-corrected chi connectivity index (χ0v) is 16.9. The Morgan fingerprint density at radius 3 is 2.90 bits per heavy atom. The number of carbonyl (C=O) groups excluding carboxylic acids is 2. The molecule has 6 heteroatoms. The molecule has 2 aromatic rings. The van der Waals surface area contributed by atoms with Crippen molar-refractivity contribution in [2.24, 2.45) is 0 Å². The van der Waals surface area contributed by atoms with E-state index in [9.17, 15) is 9.59 Å². The van der Waals surface area contributed by atoms with Crippen LogP contribution in [0.3, 0.4) is 0 Å². The molecule has 1 spiro atoms. The number of fused-ring (bicyclic) bond motifs is 3. The molecule has 5 rings (SSSR count). The van der Waals surface area contributed by atoms with E-state index < -0.39 is 5.41 Å². The maximum atomic E-state index is 13.5. The van der Waals surface area contributed by atoms with Gasteiger partial charge in [-0.2, -0.15) is 0 Å². The minimum Gasteiger partial charge on any atom is -0.359 e. The summed E-state index contributed by atoms with van der Waals surface area (Å²) in [5, 5.41) is 3.06. The number of hydrogen-bond donors (Lipinski definition) is 1. The van der Waals surface area contributed by atoms with Gasteiger partial charge in [0.2, 0.25) is 5.91 Å². The number of rotatable bonds is 3. The average molecular weight is 390 g/mol. The van der Waals surface area contributed by atoms with E-state index in [1.807, 2.05) is 48.3 Å². The highest BCUT2D eigenvalue weighted by molar-refractivity contribution is 6.08. The van der Waals surface area contributed by atoms with E-state index in [-0.39, 0.29) is 17.9 Å². The van der Waals surface area contributed by atoms with Crippen molar-refractivity contribution in [3.63, 3.8) is 0 Å². The molecule has 6 nitrogen and oxygen atoms in total. The van der Waals surface area contributed by atoms with Gasteiger partial charge in [0.1, 0.15) is 11.5 Å². The Morgan fingerprint density at radius 2 is 2.07 bits per heavy atom. The number of carbonyl (C=O) groups is 2. The maximum absolute atomic E-state index is 13.5. The summed E-state index contributed by atoms with van der Waals surface area (Å²) in [5.41, 5.74) is 2.92. The molecule has 1 N–H and O–H groups in total. The number of nitrogens with one attached hydrogen (secondary N) is 1. The predicted octanol–water partition coefficient (Wildman–Crippen LogP) is 2.98. The normalized spacial score (nSPS) is 24.8. The molecular formula is C23H26N4O2. The predicted molar refractivity (Wildman–Crippen MR) is 112 cm³/mol. The van der Waals surface area contributed by atoms with Gasteiger partial charge >= 0.3 is 0 Å². The first-order valence-corrected chi connectivity index (χ1v) is 10.5. The van der Waals surface area contributed by atoms with Crippen LogP contribution in [0.4, 0.5) is 11.5 Å². The monoisotopic (exact) mass is 390 g/mol. The third kappa shape index (κ3) is 2.51. The lowest BCUT2D eigenvalue weighted by Gasteiger charge is -2.34. The zero-order valence-electron chi connectivity index (χ0n) is 16.9. The minimum absolute atomic E-state index is 0.0223. The van der Waals surface area contributed by atoms with Gasteiger partial charge in [0.15, 0.2) is 0 Å². The molecule has 1 saturated heterocycles. The molecule has 2 amide bonds. The number of anilines is 2. The highest BCUT2D eigenvalue weighted by Crippen LogP contribution is 2.49. The second-order valence-corrected chi connectivity index (χ2v) is 8.37. The number of para-hydroxylation sites is 1. The number of hydrogen-bond acceptors (Lipinski definition) is 4. The number of nitrogens with zero attached hydrogens (tertiary/aromatic N) is 3. The van der Waals surface area contributed by atoms with Crippen LogP contribution in [-0.2, 0) is 16.6 Å². The van der Waals surface area contributed by atoms with Crippen LogP contribution in [0.25, 0.3) is 0 Å². The van der Waals surface area contributed by atoms with E-state index in [1.54, 1.807) is 0 Å². The Hall–Kier alpha value is -2.89. The number of aromatic nitrogens is 1. The number of likely N-dealkylation sites (N-methyl/N-ethyl adjacent to an activating group) is 1. The highest BCUT2D eigenvalue weighted by atomic mass is 16.2. The van der Waals surface area contributed by atoms with Crippen molar-refractivity contribution in [3.05, 3.63) is 53.2 Å². The molecule has 3 aliphatic rings. The van der Waals surface area contributed by atoms with E-state index in [4.69, 9.17) is 0 Å². The van der Waals surface area contributed by atoms with Crippen molar-refractivity contribution in [2.45, 2.75) is 44.1 Å². The Kier molecular flexibility index (Phi) is 4.12. The largest absolute Gasteiger partial charge is 0.359 e. The van der Waals surface area contributed by atoms with Crippen molar-refractivity contribution >= 4 is 23.3 Å². The molecule has 2 atom stereocenters. The summed E-state index contributed by atoms with van der Waals surface area (Å²) in [5.74, 6) is 0.857. The van der Waals surface area contributed by atoms with Crippen molar-refractivity contribution in [1.82, 2.24) is 9.88 Å². The smallest absolute Gasteiger partial charge is 0.272 e. The average Bonchev–Trinajstić information content (AvgIpc) is 3.38. The second kappa shape index (κ2) is 6.58. The molecule has 150 valence electrons. The summed E-state index contributed by atoms with van der Waals surface area (Å²) in [6, 6.07) is 11.6. The molecule has 4 heterocycles. The zero-order chi connectivity index (χ0) is 20.2. The van der Waals surface area contributed by atoms with Crippen LogP contribution < -0.4 is 10.2 Å². The van der Waals surface area contributed by atoms with Crippen molar-refractivity contribution in [1.29, 1.82) is 0 Å². The van der Waals surface area contributed by atoms with Gasteiger partial charge in [-0.05, 0) is 42.5 Å². The third-order valence-corrected chi connectivity index (χ3v) is 6.83. The van der Waals surface area contributed by atoms with E-state index in [1.165, 1.54) is 5.56 Å². The van der Waals surface area contributed by atoms with Crippen molar-refractivity contribution in [3.8, 4) is 0 Å². The highest BCUT2D eigenvalue weighted by Gasteiger charge is 2.58. The van der Waals surface area contributed by atoms with Gasteiger partial charge in [-0.15, -0.1) is 0 Å². The van der Waals surface area contributed by atoms with Crippen LogP contribution >= 0.6 is 0 Å². The van der Waals surface area contributed by atoms with Gasteiger partial charge in [-0.3, -0.25) is 9.59 Å². The Bertz CT molecular complexity index is 1000. The maximum Gasteiger partial charge on any atom is 0.272 e. The van der Waals surface area contributed by atoms with Gasteiger partial charge in [0.25, 0.3) is 5.91 Å². The van der Waals surface area contributed by atoms with Gasteiger partial charge in [0, 0.05) is 25.8 Å². The lowest BCUT2D eigenvalue weighted by atomic mass is 9.73. The molecule has 0 radical (unpaired) electrons. The van der Waals surface area contributed by atoms with Gasteiger partial charge in [-0.25, -0.2) is 4.98 Å². The van der Waals surface area contributed by atoms with Gasteiger partial charge in [0.05, 0.1) is 11.5 Å². The number of pyridine rings is 1. The fourth-order valence-corrected chi connectivity index (χ4v) is 5.38. The first-order chi connectivity index (χ1) is 14.1. The van der Waals surface area contributed by atoms with E-state index in [2.05, 4.69) is 22.1 Å². The molecule has 1 aromatic carbocycles. The van der Waals surface area contributed by atoms with Crippen LogP contribution in [0, 0.1) is 0 Å². The van der Waals surface area contributed by atoms with E-state index in [0.29, 0.717) is 18.7 Å². The van der Waals surface area contributed by atoms with Crippen LogP contribution in [0.5, 0.6) is 0 Å². The van der Waals surface area contributed by atoms with Crippen LogP contribution in [-0.4, -0.2) is 47.9 Å². The fourth-order valence-electron chi connectivity index (χ4n) is 5.38. The molecule has 0 unspecified atom stereocenters. The SMILES string of the molecule is CCC[C@@H]1N(C(=O)c2ccc3c(n2)N(C)CC3)CC[C@]12C(=O)Nc1ccccc12. The summed E-state index contributed by atoms with van der Waals surface area (Å²) in [7, 11) is 2.01. The first-order valence-electron chi connectivity index (χ1n) is 10.5. The summed E-state index contributed by atoms with van der Waals surface area (Å²) >= 11 is 0. The molecule has 0 bridgehead atoms. The Morgan fingerprint density at radius 1 is 1.24 bits per heavy atom. The molecule has 1 aromatic heterocycles. The third-order valence-electron chi connectivity index (χ3n) is 6.83. The lowest BCUT2D eigenvalue weighted by molar-refractivity contribution is -0.121. The van der Waals surface area contributed by atoms with Gasteiger partial charge < -0.3 is 15.1 Å². The van der Waals surface area contributed by atoms with Crippen LogP contribution in [0.1, 0.15) is 47.8 Å².